The number of rotatable bonds is 8. The van der Waals surface area contributed by atoms with Gasteiger partial charge in [-0.15, -0.1) is 0 Å². The van der Waals surface area contributed by atoms with E-state index in [1.165, 1.54) is 7.05 Å². The molecule has 0 saturated heterocycles. The first kappa shape index (κ1) is 16.3. The summed E-state index contributed by atoms with van der Waals surface area (Å²) in [5.74, 6) is -1.12. The van der Waals surface area contributed by atoms with E-state index in [2.05, 4.69) is 9.02 Å². The Labute approximate surface area is 104 Å². The molecule has 1 atom stereocenters. The van der Waals surface area contributed by atoms with Gasteiger partial charge in [0.15, 0.2) is 8.09 Å². The monoisotopic (exact) mass is 285 g/mol. The predicted octanol–water partition coefficient (Wildman–Crippen LogP) is 1.41. The third-order valence-corrected chi connectivity index (χ3v) is 2.44. The van der Waals surface area contributed by atoms with Gasteiger partial charge in [-0.1, -0.05) is 0 Å². The minimum absolute atomic E-state index is 0.0107. The summed E-state index contributed by atoms with van der Waals surface area (Å²) in [6.45, 7) is 0.0107. The predicted molar refractivity (Wildman–Crippen MR) is 61.7 cm³/mol. The number of hydroxylamine groups is 2. The molecule has 9 heteroatoms. The van der Waals surface area contributed by atoms with Crippen LogP contribution in [-0.4, -0.2) is 36.9 Å². The van der Waals surface area contributed by atoms with Crippen LogP contribution in [0.5, 0.6) is 0 Å². The fourth-order valence-corrected chi connectivity index (χ4v) is 1.37. The number of hydrogen-bond acceptors (Lipinski definition) is 6. The number of hydrogen-bond donors (Lipinski definition) is 0. The number of nitrogens with zero attached hydrogens (tertiary/aromatic N) is 1. The summed E-state index contributed by atoms with van der Waals surface area (Å²) in [7, 11) is 0.379. The SMILES string of the molecule is CN(OC(=O)CCOSPF)C(=O)CCC=O. The van der Waals surface area contributed by atoms with Gasteiger partial charge in [-0.25, -0.2) is 8.99 Å². The summed E-state index contributed by atoms with van der Waals surface area (Å²) >= 11 is 0.620. The third kappa shape index (κ3) is 9.02. The Balaban J connectivity index is 3.71. The molecule has 1 unspecified atom stereocenters. The van der Waals surface area contributed by atoms with Gasteiger partial charge in [-0.2, -0.15) is 5.06 Å². The minimum atomic E-state index is -0.902. The second-order valence-corrected chi connectivity index (χ2v) is 4.31. The van der Waals surface area contributed by atoms with Crippen LogP contribution in [0.15, 0.2) is 0 Å². The van der Waals surface area contributed by atoms with Crippen LogP contribution in [-0.2, 0) is 23.4 Å². The highest BCUT2D eigenvalue weighted by atomic mass is 32.7. The van der Waals surface area contributed by atoms with Gasteiger partial charge in [-0.3, -0.25) is 4.79 Å². The molecule has 0 N–H and O–H groups in total. The molecule has 0 heterocycles. The summed E-state index contributed by atoms with van der Waals surface area (Å²) in [5, 5.41) is 0.774. The molecule has 0 fully saturated rings. The van der Waals surface area contributed by atoms with Gasteiger partial charge in [0.25, 0.3) is 5.91 Å². The number of carbonyl (C=O) groups excluding carboxylic acids is 3. The molecule has 0 radical (unpaired) electrons. The van der Waals surface area contributed by atoms with Crippen molar-refractivity contribution in [2.45, 2.75) is 19.3 Å². The fourth-order valence-electron chi connectivity index (χ4n) is 0.778. The highest BCUT2D eigenvalue weighted by Gasteiger charge is 2.13. The molecule has 0 aliphatic rings. The first-order chi connectivity index (χ1) is 8.11. The summed E-state index contributed by atoms with van der Waals surface area (Å²) in [6, 6.07) is 0. The van der Waals surface area contributed by atoms with Crippen molar-refractivity contribution in [1.82, 2.24) is 5.06 Å². The molecule has 1 amide bonds. The van der Waals surface area contributed by atoms with Crippen LogP contribution in [0.4, 0.5) is 4.20 Å². The maximum atomic E-state index is 11.6. The van der Waals surface area contributed by atoms with Gasteiger partial charge >= 0.3 is 5.97 Å². The van der Waals surface area contributed by atoms with Gasteiger partial charge in [0.1, 0.15) is 6.29 Å². The lowest BCUT2D eigenvalue weighted by Gasteiger charge is -2.15. The van der Waals surface area contributed by atoms with Crippen LogP contribution in [0, 0.1) is 0 Å². The summed E-state index contributed by atoms with van der Waals surface area (Å²) in [4.78, 5) is 37.0. The van der Waals surface area contributed by atoms with E-state index in [1.807, 2.05) is 0 Å². The second kappa shape index (κ2) is 10.4. The van der Waals surface area contributed by atoms with Crippen LogP contribution >= 0.6 is 19.8 Å². The number of carbonyl (C=O) groups is 3. The number of amides is 1. The van der Waals surface area contributed by atoms with Crippen molar-refractivity contribution >= 4 is 37.9 Å². The normalized spacial score (nSPS) is 10.5. The largest absolute Gasteiger partial charge is 0.338 e. The Morgan fingerprint density at radius 1 is 1.47 bits per heavy atom. The van der Waals surface area contributed by atoms with Crippen molar-refractivity contribution in [2.75, 3.05) is 13.7 Å². The Hall–Kier alpha value is -0.720. The van der Waals surface area contributed by atoms with Gasteiger partial charge in [0.05, 0.1) is 24.7 Å². The molecule has 0 aromatic heterocycles. The molecule has 0 aromatic carbocycles. The first-order valence-electron chi connectivity index (χ1n) is 4.67. The molecule has 0 saturated carbocycles. The lowest BCUT2D eigenvalue weighted by molar-refractivity contribution is -0.193. The highest BCUT2D eigenvalue weighted by molar-refractivity contribution is 8.45. The van der Waals surface area contributed by atoms with E-state index < -0.39 is 20.0 Å². The second-order valence-electron chi connectivity index (χ2n) is 2.79. The fraction of sp³-hybridized carbons (Fsp3) is 0.625. The molecule has 0 aromatic rings. The minimum Gasteiger partial charge on any atom is -0.338 e. The van der Waals surface area contributed by atoms with Crippen molar-refractivity contribution < 1.29 is 27.6 Å². The van der Waals surface area contributed by atoms with Gasteiger partial charge < -0.3 is 13.8 Å². The van der Waals surface area contributed by atoms with E-state index in [0.717, 1.165) is 5.06 Å². The highest BCUT2D eigenvalue weighted by Crippen LogP contribution is 2.30. The molecular weight excluding hydrogens is 272 g/mol. The van der Waals surface area contributed by atoms with E-state index in [4.69, 9.17) is 0 Å². The van der Waals surface area contributed by atoms with E-state index in [0.29, 0.717) is 17.9 Å². The van der Waals surface area contributed by atoms with E-state index in [-0.39, 0.29) is 25.9 Å². The summed E-state index contributed by atoms with van der Waals surface area (Å²) in [6.07, 6.45) is 0.597. The molecular formula is C8H13FNO5PS. The molecule has 0 rings (SSSR count). The van der Waals surface area contributed by atoms with Crippen molar-refractivity contribution in [3.8, 4) is 0 Å². The summed E-state index contributed by atoms with van der Waals surface area (Å²) in [5.41, 5.74) is 0. The molecule has 98 valence electrons. The topological polar surface area (TPSA) is 72.9 Å². The van der Waals surface area contributed by atoms with Crippen molar-refractivity contribution in [3.63, 3.8) is 0 Å². The Morgan fingerprint density at radius 3 is 2.76 bits per heavy atom. The van der Waals surface area contributed by atoms with Crippen molar-refractivity contribution in [2.24, 2.45) is 0 Å². The van der Waals surface area contributed by atoms with Crippen LogP contribution in [0.25, 0.3) is 0 Å². The average Bonchev–Trinajstić information content (AvgIpc) is 2.31. The maximum Gasteiger partial charge on any atom is 0.334 e. The molecule has 0 bridgehead atoms. The third-order valence-electron chi connectivity index (χ3n) is 1.55. The summed E-state index contributed by atoms with van der Waals surface area (Å²) < 4.78 is 16.3. The molecule has 17 heavy (non-hydrogen) atoms. The van der Waals surface area contributed by atoms with Gasteiger partial charge in [0.2, 0.25) is 0 Å². The van der Waals surface area contributed by atoms with Crippen LogP contribution in [0.3, 0.4) is 0 Å². The number of halogens is 1. The van der Waals surface area contributed by atoms with E-state index in [1.54, 1.807) is 0 Å². The zero-order valence-electron chi connectivity index (χ0n) is 9.18. The molecule has 0 spiro atoms. The van der Waals surface area contributed by atoms with Crippen LogP contribution in [0.1, 0.15) is 19.3 Å². The van der Waals surface area contributed by atoms with E-state index in [9.17, 15) is 18.6 Å². The lowest BCUT2D eigenvalue weighted by atomic mass is 10.3. The zero-order chi connectivity index (χ0) is 13.1. The maximum absolute atomic E-state index is 11.6. The molecule has 0 aliphatic carbocycles. The number of aldehydes is 1. The van der Waals surface area contributed by atoms with Crippen molar-refractivity contribution in [1.29, 1.82) is 0 Å². The van der Waals surface area contributed by atoms with Crippen molar-refractivity contribution in [3.05, 3.63) is 0 Å². The van der Waals surface area contributed by atoms with Crippen LogP contribution < -0.4 is 0 Å². The average molecular weight is 285 g/mol. The van der Waals surface area contributed by atoms with E-state index >= 15 is 0 Å². The van der Waals surface area contributed by atoms with Gasteiger partial charge in [0, 0.05) is 19.9 Å². The van der Waals surface area contributed by atoms with Gasteiger partial charge in [-0.05, 0) is 0 Å². The lowest BCUT2D eigenvalue weighted by Crippen LogP contribution is -2.30. The Kier molecular flexibility index (Phi) is 9.99. The molecule has 0 aliphatic heterocycles. The zero-order valence-corrected chi connectivity index (χ0v) is 11.0. The Bertz CT molecular complexity index is 268. The first-order valence-corrected chi connectivity index (χ1v) is 7.01. The quantitative estimate of drug-likeness (QED) is 0.221. The smallest absolute Gasteiger partial charge is 0.334 e. The standard InChI is InChI=1S/C8H13FNO5PS/c1-10(7(12)3-2-5-11)15-8(13)4-6-14-17-16-9/h5,16H,2-4,6H2,1H3. The Morgan fingerprint density at radius 2 is 2.18 bits per heavy atom. The molecule has 6 nitrogen and oxygen atoms in total. The van der Waals surface area contributed by atoms with Crippen LogP contribution in [0.2, 0.25) is 0 Å².